The fourth-order valence-corrected chi connectivity index (χ4v) is 1.36. The van der Waals surface area contributed by atoms with Crippen LogP contribution in [0.4, 0.5) is 0 Å². The Morgan fingerprint density at radius 3 is 2.57 bits per heavy atom. The predicted molar refractivity (Wildman–Crippen MR) is 63.2 cm³/mol. The number of alkyl halides is 1. The summed E-state index contributed by atoms with van der Waals surface area (Å²) in [6.45, 7) is 2.31. The van der Waals surface area contributed by atoms with Gasteiger partial charge in [-0.1, -0.05) is 15.9 Å². The molecule has 2 nitrogen and oxygen atoms in total. The van der Waals surface area contributed by atoms with E-state index in [9.17, 15) is 0 Å². The Labute approximate surface area is 97.7 Å². The molecule has 0 radical (unpaired) electrons. The lowest BCUT2D eigenvalue weighted by Crippen LogP contribution is -2.22. The fraction of sp³-hybridized carbons (Fsp3) is 0.400. The lowest BCUT2D eigenvalue weighted by atomic mass is 10.3. The Bertz CT molecular complexity index is 253. The molecular weight excluding hydrogens is 265 g/mol. The Morgan fingerprint density at radius 1 is 1.21 bits per heavy atom. The number of rotatable bonds is 6. The summed E-state index contributed by atoms with van der Waals surface area (Å²) in [4.78, 5) is 0. The van der Waals surface area contributed by atoms with Crippen molar-refractivity contribution >= 4 is 27.5 Å². The average Bonchev–Trinajstić information content (AvgIpc) is 2.21. The number of benzene rings is 1. The number of ether oxygens (including phenoxy) is 1. The van der Waals surface area contributed by atoms with Crippen molar-refractivity contribution in [2.24, 2.45) is 0 Å². The van der Waals surface area contributed by atoms with Crippen molar-refractivity contribution in [3.8, 4) is 5.75 Å². The van der Waals surface area contributed by atoms with Gasteiger partial charge in [0.2, 0.25) is 0 Å². The zero-order valence-electron chi connectivity index (χ0n) is 7.80. The second-order valence-electron chi connectivity index (χ2n) is 2.74. The Balaban J connectivity index is 2.15. The minimum absolute atomic E-state index is 0.637. The van der Waals surface area contributed by atoms with E-state index < -0.39 is 0 Å². The Morgan fingerprint density at radius 2 is 1.93 bits per heavy atom. The predicted octanol–water partition coefficient (Wildman–Crippen LogP) is 2.66. The topological polar surface area (TPSA) is 21.3 Å². The molecule has 14 heavy (non-hydrogen) atoms. The van der Waals surface area contributed by atoms with Gasteiger partial charge in [0.05, 0.1) is 0 Å². The molecule has 0 fully saturated rings. The van der Waals surface area contributed by atoms with Crippen LogP contribution >= 0.6 is 27.5 Å². The minimum Gasteiger partial charge on any atom is -0.492 e. The van der Waals surface area contributed by atoms with Crippen LogP contribution in [0.2, 0.25) is 0 Å². The molecule has 0 aliphatic carbocycles. The first-order valence-corrected chi connectivity index (χ1v) is 5.81. The molecule has 0 aromatic heterocycles. The van der Waals surface area contributed by atoms with Gasteiger partial charge < -0.3 is 10.1 Å². The van der Waals surface area contributed by atoms with E-state index in [4.69, 9.17) is 16.3 Å². The van der Waals surface area contributed by atoms with Gasteiger partial charge in [-0.05, 0) is 24.3 Å². The molecule has 0 unspecified atom stereocenters. The molecule has 78 valence electrons. The highest BCUT2D eigenvalue weighted by Gasteiger charge is 1.92. The summed E-state index contributed by atoms with van der Waals surface area (Å²) in [5.74, 6) is 1.53. The van der Waals surface area contributed by atoms with Crippen molar-refractivity contribution in [2.75, 3.05) is 25.6 Å². The summed E-state index contributed by atoms with van der Waals surface area (Å²) in [6, 6.07) is 7.79. The maximum Gasteiger partial charge on any atom is 0.119 e. The van der Waals surface area contributed by atoms with Crippen LogP contribution in [-0.2, 0) is 0 Å². The van der Waals surface area contributed by atoms with Crippen LogP contribution in [0.25, 0.3) is 0 Å². The SMILES string of the molecule is ClCCNCCOc1ccc(Br)cc1. The molecular formula is C10H13BrClNO. The van der Waals surface area contributed by atoms with Crippen molar-refractivity contribution in [3.63, 3.8) is 0 Å². The third kappa shape index (κ3) is 4.84. The van der Waals surface area contributed by atoms with Crippen LogP contribution in [0, 0.1) is 0 Å². The largest absolute Gasteiger partial charge is 0.492 e. The van der Waals surface area contributed by atoms with Crippen LogP contribution in [0.15, 0.2) is 28.7 Å². The number of hydrogen-bond acceptors (Lipinski definition) is 2. The third-order valence-electron chi connectivity index (χ3n) is 1.63. The molecule has 4 heteroatoms. The quantitative estimate of drug-likeness (QED) is 0.638. The van der Waals surface area contributed by atoms with Gasteiger partial charge >= 0.3 is 0 Å². The van der Waals surface area contributed by atoms with E-state index in [1.54, 1.807) is 0 Å². The van der Waals surface area contributed by atoms with Crippen molar-refractivity contribution in [1.29, 1.82) is 0 Å². The molecule has 1 aromatic carbocycles. The van der Waals surface area contributed by atoms with Gasteiger partial charge in [0.1, 0.15) is 12.4 Å². The van der Waals surface area contributed by atoms with Crippen molar-refractivity contribution in [2.45, 2.75) is 0 Å². The van der Waals surface area contributed by atoms with E-state index in [2.05, 4.69) is 21.2 Å². The summed E-state index contributed by atoms with van der Waals surface area (Å²) >= 11 is 8.87. The monoisotopic (exact) mass is 277 g/mol. The van der Waals surface area contributed by atoms with E-state index in [1.807, 2.05) is 24.3 Å². The van der Waals surface area contributed by atoms with E-state index in [0.717, 1.165) is 23.3 Å². The normalized spacial score (nSPS) is 10.1. The molecule has 0 aliphatic heterocycles. The highest BCUT2D eigenvalue weighted by atomic mass is 79.9. The molecule has 0 saturated carbocycles. The standard InChI is InChI=1S/C10H13BrClNO/c11-9-1-3-10(4-2-9)14-8-7-13-6-5-12/h1-4,13H,5-8H2. The molecule has 1 aromatic rings. The molecule has 0 spiro atoms. The maximum atomic E-state index is 5.51. The first-order chi connectivity index (χ1) is 6.83. The highest BCUT2D eigenvalue weighted by molar-refractivity contribution is 9.10. The van der Waals surface area contributed by atoms with Crippen LogP contribution in [-0.4, -0.2) is 25.6 Å². The van der Waals surface area contributed by atoms with Gasteiger partial charge in [-0.15, -0.1) is 11.6 Å². The summed E-state index contributed by atoms with van der Waals surface area (Å²) in [5, 5.41) is 3.15. The number of hydrogen-bond donors (Lipinski definition) is 1. The van der Waals surface area contributed by atoms with Gasteiger partial charge in [-0.3, -0.25) is 0 Å². The third-order valence-corrected chi connectivity index (χ3v) is 2.35. The van der Waals surface area contributed by atoms with Gasteiger partial charge in [0.15, 0.2) is 0 Å². The van der Waals surface area contributed by atoms with E-state index in [0.29, 0.717) is 12.5 Å². The summed E-state index contributed by atoms with van der Waals surface area (Å²) < 4.78 is 6.54. The zero-order valence-corrected chi connectivity index (χ0v) is 10.1. The summed E-state index contributed by atoms with van der Waals surface area (Å²) in [6.07, 6.45) is 0. The lowest BCUT2D eigenvalue weighted by Gasteiger charge is -2.06. The first kappa shape index (κ1) is 11.8. The summed E-state index contributed by atoms with van der Waals surface area (Å²) in [7, 11) is 0. The first-order valence-electron chi connectivity index (χ1n) is 4.48. The van der Waals surface area contributed by atoms with Gasteiger partial charge in [0, 0.05) is 23.4 Å². The number of nitrogens with one attached hydrogen (secondary N) is 1. The second kappa shape index (κ2) is 7.10. The molecule has 0 atom stereocenters. The zero-order chi connectivity index (χ0) is 10.2. The highest BCUT2D eigenvalue weighted by Crippen LogP contribution is 2.15. The van der Waals surface area contributed by atoms with E-state index in [1.165, 1.54) is 0 Å². The minimum atomic E-state index is 0.637. The Kier molecular flexibility index (Phi) is 5.99. The van der Waals surface area contributed by atoms with E-state index in [-0.39, 0.29) is 0 Å². The number of halogens is 2. The Hall–Kier alpha value is -0.250. The van der Waals surface area contributed by atoms with Gasteiger partial charge in [-0.2, -0.15) is 0 Å². The van der Waals surface area contributed by atoms with Gasteiger partial charge in [-0.25, -0.2) is 0 Å². The smallest absolute Gasteiger partial charge is 0.119 e. The van der Waals surface area contributed by atoms with Gasteiger partial charge in [0.25, 0.3) is 0 Å². The molecule has 0 heterocycles. The molecule has 1 N–H and O–H groups in total. The van der Waals surface area contributed by atoms with Crippen LogP contribution in [0.1, 0.15) is 0 Å². The lowest BCUT2D eigenvalue weighted by molar-refractivity contribution is 0.315. The van der Waals surface area contributed by atoms with Crippen molar-refractivity contribution < 1.29 is 4.74 Å². The molecule has 0 bridgehead atoms. The average molecular weight is 279 g/mol. The molecule has 0 amide bonds. The molecule has 0 saturated heterocycles. The summed E-state index contributed by atoms with van der Waals surface area (Å²) in [5.41, 5.74) is 0. The van der Waals surface area contributed by atoms with E-state index >= 15 is 0 Å². The van der Waals surface area contributed by atoms with Crippen molar-refractivity contribution in [1.82, 2.24) is 5.32 Å². The molecule has 1 rings (SSSR count). The second-order valence-corrected chi connectivity index (χ2v) is 4.04. The fourth-order valence-electron chi connectivity index (χ4n) is 0.964. The van der Waals surface area contributed by atoms with Crippen LogP contribution in [0.3, 0.4) is 0 Å². The van der Waals surface area contributed by atoms with Crippen LogP contribution in [0.5, 0.6) is 5.75 Å². The maximum absolute atomic E-state index is 5.51. The molecule has 0 aliphatic rings. The van der Waals surface area contributed by atoms with Crippen molar-refractivity contribution in [3.05, 3.63) is 28.7 Å². The van der Waals surface area contributed by atoms with Crippen LogP contribution < -0.4 is 10.1 Å².